The summed E-state index contributed by atoms with van der Waals surface area (Å²) >= 11 is 5.49. The van der Waals surface area contributed by atoms with E-state index in [0.29, 0.717) is 5.56 Å². The lowest BCUT2D eigenvalue weighted by molar-refractivity contribution is 0.0696. The lowest BCUT2D eigenvalue weighted by Gasteiger charge is -1.98. The summed E-state index contributed by atoms with van der Waals surface area (Å²) in [6.07, 6.45) is 1.44. The highest BCUT2D eigenvalue weighted by Gasteiger charge is 2.06. The van der Waals surface area contributed by atoms with E-state index in [4.69, 9.17) is 16.7 Å². The van der Waals surface area contributed by atoms with Crippen molar-refractivity contribution in [2.75, 3.05) is 0 Å². The number of hydrogen-bond donors (Lipinski definition) is 1. The molecule has 1 N–H and O–H groups in total. The first-order valence-electron chi connectivity index (χ1n) is 2.96. The monoisotopic (exact) mass is 171 g/mol. The number of pyridine rings is 1. The van der Waals surface area contributed by atoms with Crippen LogP contribution < -0.4 is 0 Å². The van der Waals surface area contributed by atoms with Gasteiger partial charge in [-0.15, -0.1) is 0 Å². The molecular weight excluding hydrogens is 166 g/mol. The number of aromatic nitrogens is 1. The van der Waals surface area contributed by atoms with E-state index in [2.05, 4.69) is 4.98 Å². The second-order valence-electron chi connectivity index (χ2n) is 2.13. The van der Waals surface area contributed by atoms with Crippen molar-refractivity contribution in [3.63, 3.8) is 0 Å². The van der Waals surface area contributed by atoms with Crippen molar-refractivity contribution in [3.8, 4) is 0 Å². The van der Waals surface area contributed by atoms with Gasteiger partial charge < -0.3 is 5.11 Å². The molecule has 1 rings (SSSR count). The van der Waals surface area contributed by atoms with Gasteiger partial charge in [0, 0.05) is 6.20 Å². The number of aryl methyl sites for hydroxylation is 1. The van der Waals surface area contributed by atoms with Crippen LogP contribution in [0.4, 0.5) is 0 Å². The molecule has 0 radical (unpaired) electrons. The summed E-state index contributed by atoms with van der Waals surface area (Å²) in [7, 11) is 0. The predicted molar refractivity (Wildman–Crippen MR) is 40.9 cm³/mol. The second kappa shape index (κ2) is 2.88. The molecule has 1 aromatic heterocycles. The maximum absolute atomic E-state index is 10.5. The molecule has 58 valence electrons. The molecule has 1 aromatic rings. The Morgan fingerprint density at radius 2 is 2.36 bits per heavy atom. The van der Waals surface area contributed by atoms with Crippen LogP contribution in [0.25, 0.3) is 0 Å². The molecule has 0 atom stereocenters. The van der Waals surface area contributed by atoms with Gasteiger partial charge in [-0.25, -0.2) is 9.78 Å². The van der Waals surface area contributed by atoms with Crippen LogP contribution in [0.1, 0.15) is 15.9 Å². The molecule has 0 spiro atoms. The number of carboxylic acids is 1. The van der Waals surface area contributed by atoms with Gasteiger partial charge in [0.15, 0.2) is 0 Å². The van der Waals surface area contributed by atoms with Gasteiger partial charge in [0.25, 0.3) is 0 Å². The molecule has 0 bridgehead atoms. The predicted octanol–water partition coefficient (Wildman–Crippen LogP) is 1.74. The van der Waals surface area contributed by atoms with E-state index in [1.165, 1.54) is 12.3 Å². The largest absolute Gasteiger partial charge is 0.478 e. The van der Waals surface area contributed by atoms with Gasteiger partial charge >= 0.3 is 5.97 Å². The molecule has 11 heavy (non-hydrogen) atoms. The number of carbonyl (C=O) groups is 1. The van der Waals surface area contributed by atoms with Crippen molar-refractivity contribution in [3.05, 3.63) is 28.5 Å². The zero-order valence-electron chi connectivity index (χ0n) is 5.84. The summed E-state index contributed by atoms with van der Waals surface area (Å²) in [6, 6.07) is 1.33. The summed E-state index contributed by atoms with van der Waals surface area (Å²) in [5, 5.41) is 8.81. The first kappa shape index (κ1) is 8.01. The SMILES string of the molecule is Cc1cnc(Cl)cc1C(=O)O. The van der Waals surface area contributed by atoms with Crippen LogP contribution in [0.5, 0.6) is 0 Å². The lowest BCUT2D eigenvalue weighted by atomic mass is 10.2. The van der Waals surface area contributed by atoms with Crippen molar-refractivity contribution in [2.24, 2.45) is 0 Å². The molecule has 0 fully saturated rings. The van der Waals surface area contributed by atoms with Crippen LogP contribution in [0.3, 0.4) is 0 Å². The molecule has 0 amide bonds. The van der Waals surface area contributed by atoms with Crippen molar-refractivity contribution in [2.45, 2.75) is 6.92 Å². The molecule has 0 unspecified atom stereocenters. The maximum Gasteiger partial charge on any atom is 0.336 e. The smallest absolute Gasteiger partial charge is 0.336 e. The summed E-state index contributed by atoms with van der Waals surface area (Å²) in [5.41, 5.74) is 0.812. The molecule has 3 nitrogen and oxygen atoms in total. The second-order valence-corrected chi connectivity index (χ2v) is 2.51. The first-order chi connectivity index (χ1) is 5.11. The summed E-state index contributed by atoms with van der Waals surface area (Å²) in [4.78, 5) is 14.2. The molecule has 0 aliphatic rings. The number of hydrogen-bond acceptors (Lipinski definition) is 2. The number of halogens is 1. The Labute approximate surface area is 68.6 Å². The topological polar surface area (TPSA) is 50.2 Å². The fourth-order valence-corrected chi connectivity index (χ4v) is 0.887. The first-order valence-corrected chi connectivity index (χ1v) is 3.34. The molecule has 0 aliphatic heterocycles. The van der Waals surface area contributed by atoms with Crippen LogP contribution in [-0.2, 0) is 0 Å². The van der Waals surface area contributed by atoms with Gasteiger partial charge in [0.1, 0.15) is 5.15 Å². The minimum Gasteiger partial charge on any atom is -0.478 e. The average molecular weight is 172 g/mol. The summed E-state index contributed by atoms with van der Waals surface area (Å²) in [6.45, 7) is 1.67. The van der Waals surface area contributed by atoms with Gasteiger partial charge in [-0.05, 0) is 18.6 Å². The van der Waals surface area contributed by atoms with Crippen molar-refractivity contribution >= 4 is 17.6 Å². The Morgan fingerprint density at radius 1 is 1.73 bits per heavy atom. The lowest BCUT2D eigenvalue weighted by Crippen LogP contribution is -1.99. The molecule has 0 saturated heterocycles. The van der Waals surface area contributed by atoms with Gasteiger partial charge in [0.2, 0.25) is 0 Å². The number of carboxylic acid groups (broad SMARTS) is 1. The summed E-state index contributed by atoms with van der Waals surface area (Å²) < 4.78 is 0. The highest BCUT2D eigenvalue weighted by Crippen LogP contribution is 2.11. The molecular formula is C7H6ClNO2. The normalized spacial score (nSPS) is 9.64. The van der Waals surface area contributed by atoms with E-state index >= 15 is 0 Å². The Kier molecular flexibility index (Phi) is 2.10. The van der Waals surface area contributed by atoms with E-state index in [0.717, 1.165) is 0 Å². The van der Waals surface area contributed by atoms with E-state index in [9.17, 15) is 4.79 Å². The Hall–Kier alpha value is -1.09. The number of aromatic carboxylic acids is 1. The zero-order chi connectivity index (χ0) is 8.43. The van der Waals surface area contributed by atoms with Crippen molar-refractivity contribution < 1.29 is 9.90 Å². The number of nitrogens with zero attached hydrogens (tertiary/aromatic N) is 1. The maximum atomic E-state index is 10.5. The fourth-order valence-electron chi connectivity index (χ4n) is 0.729. The van der Waals surface area contributed by atoms with Gasteiger partial charge in [-0.3, -0.25) is 0 Å². The quantitative estimate of drug-likeness (QED) is 0.655. The minimum absolute atomic E-state index is 0.199. The zero-order valence-corrected chi connectivity index (χ0v) is 6.59. The van der Waals surface area contributed by atoms with E-state index < -0.39 is 5.97 Å². The van der Waals surface area contributed by atoms with Crippen LogP contribution >= 0.6 is 11.6 Å². The minimum atomic E-state index is -0.980. The highest BCUT2D eigenvalue weighted by molar-refractivity contribution is 6.29. The van der Waals surface area contributed by atoms with E-state index in [1.807, 2.05) is 0 Å². The van der Waals surface area contributed by atoms with Crippen LogP contribution in [-0.4, -0.2) is 16.1 Å². The molecule has 0 saturated carbocycles. The number of rotatable bonds is 1. The van der Waals surface area contributed by atoms with Gasteiger partial charge in [0.05, 0.1) is 5.56 Å². The molecule has 0 aliphatic carbocycles. The van der Waals surface area contributed by atoms with Gasteiger partial charge in [-0.1, -0.05) is 11.6 Å². The third-order valence-corrected chi connectivity index (χ3v) is 1.51. The Bertz CT molecular complexity index is 298. The van der Waals surface area contributed by atoms with Crippen LogP contribution in [0.2, 0.25) is 5.15 Å². The highest BCUT2D eigenvalue weighted by atomic mass is 35.5. The molecule has 4 heteroatoms. The van der Waals surface area contributed by atoms with Crippen molar-refractivity contribution in [1.29, 1.82) is 0 Å². The van der Waals surface area contributed by atoms with Crippen molar-refractivity contribution in [1.82, 2.24) is 4.98 Å². The average Bonchev–Trinajstić information content (AvgIpc) is 1.94. The van der Waals surface area contributed by atoms with E-state index in [-0.39, 0.29) is 10.7 Å². The van der Waals surface area contributed by atoms with Gasteiger partial charge in [-0.2, -0.15) is 0 Å². The van der Waals surface area contributed by atoms with Crippen LogP contribution in [0, 0.1) is 6.92 Å². The third-order valence-electron chi connectivity index (χ3n) is 1.30. The van der Waals surface area contributed by atoms with E-state index in [1.54, 1.807) is 6.92 Å². The summed E-state index contributed by atoms with van der Waals surface area (Å²) in [5.74, 6) is -0.980. The Balaban J connectivity index is 3.23. The van der Waals surface area contributed by atoms with Crippen LogP contribution in [0.15, 0.2) is 12.3 Å². The fraction of sp³-hybridized carbons (Fsp3) is 0.143. The standard InChI is InChI=1S/C7H6ClNO2/c1-4-3-9-6(8)2-5(4)7(10)11/h2-3H,1H3,(H,10,11). The Morgan fingerprint density at radius 3 is 2.82 bits per heavy atom. The third kappa shape index (κ3) is 1.68. The molecule has 1 heterocycles. The molecule has 0 aromatic carbocycles.